The average Bonchev–Trinajstić information content (AvgIpc) is 3.00. The number of hydrogen-bond donors (Lipinski definition) is 2. The van der Waals surface area contributed by atoms with Crippen molar-refractivity contribution in [3.63, 3.8) is 0 Å². The molecule has 44 heavy (non-hydrogen) atoms. The van der Waals surface area contributed by atoms with Crippen molar-refractivity contribution in [3.8, 4) is 5.75 Å². The van der Waals surface area contributed by atoms with E-state index >= 15 is 0 Å². The minimum atomic E-state index is -0.474. The van der Waals surface area contributed by atoms with E-state index in [-0.39, 0.29) is 28.9 Å². The second-order valence-corrected chi connectivity index (χ2v) is 13.0. The molecule has 0 bridgehead atoms. The molecule has 3 aromatic rings. The van der Waals surface area contributed by atoms with Crippen LogP contribution in [0.4, 0.5) is 11.4 Å². The molecule has 0 aromatic heterocycles. The molecule has 0 saturated carbocycles. The lowest BCUT2D eigenvalue weighted by Crippen LogP contribution is -2.21. The highest BCUT2D eigenvalue weighted by atomic mass is 35.5. The molecule has 0 aliphatic rings. The van der Waals surface area contributed by atoms with Crippen LogP contribution in [0, 0.1) is 0 Å². The molecule has 0 fully saturated rings. The summed E-state index contributed by atoms with van der Waals surface area (Å²) in [7, 11) is 0. The van der Waals surface area contributed by atoms with E-state index in [2.05, 4.69) is 70.4 Å². The molecule has 0 spiro atoms. The van der Waals surface area contributed by atoms with E-state index in [4.69, 9.17) is 16.3 Å². The fraction of sp³-hybridized carbons (Fsp3) is 0.432. The van der Waals surface area contributed by atoms with E-state index in [1.807, 2.05) is 6.07 Å². The monoisotopic (exact) mass is 618 g/mol. The second kappa shape index (κ2) is 15.9. The molecule has 7 heteroatoms. The number of anilines is 2. The molecule has 0 saturated heterocycles. The van der Waals surface area contributed by atoms with Gasteiger partial charge in [0, 0.05) is 23.2 Å². The van der Waals surface area contributed by atoms with Gasteiger partial charge in [0.25, 0.3) is 0 Å². The first-order chi connectivity index (χ1) is 20.9. The van der Waals surface area contributed by atoms with Crippen LogP contribution in [0.1, 0.15) is 108 Å². The van der Waals surface area contributed by atoms with Gasteiger partial charge in [-0.15, -0.1) is 0 Å². The zero-order valence-electron chi connectivity index (χ0n) is 27.0. The molecule has 0 aliphatic carbocycles. The lowest BCUT2D eigenvalue weighted by Gasteiger charge is -2.30. The molecule has 236 valence electrons. The van der Waals surface area contributed by atoms with Gasteiger partial charge in [-0.3, -0.25) is 14.4 Å². The van der Waals surface area contributed by atoms with Gasteiger partial charge in [0.2, 0.25) is 11.8 Å². The van der Waals surface area contributed by atoms with Crippen molar-refractivity contribution >= 4 is 40.6 Å². The van der Waals surface area contributed by atoms with Crippen LogP contribution in [0.15, 0.2) is 66.7 Å². The Morgan fingerprint density at radius 2 is 1.48 bits per heavy atom. The number of ether oxygens (including phenoxy) is 1. The van der Waals surface area contributed by atoms with Crippen LogP contribution in [0.25, 0.3) is 0 Å². The minimum absolute atomic E-state index is 0.0111. The largest absolute Gasteiger partial charge is 0.493 e. The quantitative estimate of drug-likeness (QED) is 0.0951. The maximum absolute atomic E-state index is 12.6. The third kappa shape index (κ3) is 9.95. The van der Waals surface area contributed by atoms with E-state index in [0.717, 1.165) is 37.9 Å². The van der Waals surface area contributed by atoms with Crippen molar-refractivity contribution in [3.05, 3.63) is 88.4 Å². The van der Waals surface area contributed by atoms with Gasteiger partial charge in [-0.1, -0.05) is 95.6 Å². The second-order valence-electron chi connectivity index (χ2n) is 12.6. The molecular weight excluding hydrogens is 572 g/mol. The van der Waals surface area contributed by atoms with Gasteiger partial charge in [-0.05, 0) is 72.8 Å². The number of rotatable bonds is 16. The first-order valence-electron chi connectivity index (χ1n) is 15.6. The predicted octanol–water partition coefficient (Wildman–Crippen LogP) is 9.50. The third-order valence-electron chi connectivity index (χ3n) is 8.50. The van der Waals surface area contributed by atoms with Crippen molar-refractivity contribution in [1.29, 1.82) is 0 Å². The number of carbonyl (C=O) groups is 3. The standard InChI is InChI=1S/C37H47ClN2O4/c1-7-36(3,4)27-18-21-33(29(23-27)37(5,6)8-2)44-22-14-10-13-17-34(42)39-28-19-20-30(38)31(24-28)40-35(43)25-32(41)26-15-11-9-12-16-26/h9,11-12,15-16,18-21,23-24H,7-8,10,13-14,17,22,25H2,1-6H3,(H,39,42)(H,40,43). The summed E-state index contributed by atoms with van der Waals surface area (Å²) in [6, 6.07) is 20.2. The van der Waals surface area contributed by atoms with Gasteiger partial charge in [0.15, 0.2) is 5.78 Å². The highest BCUT2D eigenvalue weighted by molar-refractivity contribution is 6.34. The molecule has 0 heterocycles. The van der Waals surface area contributed by atoms with E-state index in [9.17, 15) is 14.4 Å². The lowest BCUT2D eigenvalue weighted by atomic mass is 9.76. The van der Waals surface area contributed by atoms with Gasteiger partial charge >= 0.3 is 0 Å². The summed E-state index contributed by atoms with van der Waals surface area (Å²) < 4.78 is 6.27. The molecule has 3 rings (SSSR count). The van der Waals surface area contributed by atoms with Crippen molar-refractivity contribution < 1.29 is 19.1 Å². The van der Waals surface area contributed by atoms with Crippen LogP contribution < -0.4 is 15.4 Å². The van der Waals surface area contributed by atoms with E-state index in [1.165, 1.54) is 11.1 Å². The lowest BCUT2D eigenvalue weighted by molar-refractivity contribution is -0.116. The summed E-state index contributed by atoms with van der Waals surface area (Å²) in [4.78, 5) is 37.4. The molecule has 2 N–H and O–H groups in total. The summed E-state index contributed by atoms with van der Waals surface area (Å²) in [5.74, 6) is 0.0667. The van der Waals surface area contributed by atoms with E-state index in [0.29, 0.717) is 35.0 Å². The molecule has 0 unspecified atom stereocenters. The van der Waals surface area contributed by atoms with Crippen LogP contribution in [-0.2, 0) is 20.4 Å². The Hall–Kier alpha value is -3.64. The summed E-state index contributed by atoms with van der Waals surface area (Å²) >= 11 is 6.26. The van der Waals surface area contributed by atoms with Crippen LogP contribution in [0.2, 0.25) is 5.02 Å². The number of hydrogen-bond acceptors (Lipinski definition) is 4. The van der Waals surface area contributed by atoms with Crippen molar-refractivity contribution in [1.82, 2.24) is 0 Å². The number of amides is 2. The number of ketones is 1. The maximum Gasteiger partial charge on any atom is 0.232 e. The van der Waals surface area contributed by atoms with Crippen LogP contribution in [0.5, 0.6) is 5.75 Å². The van der Waals surface area contributed by atoms with E-state index in [1.54, 1.807) is 42.5 Å². The zero-order chi connectivity index (χ0) is 32.3. The Morgan fingerprint density at radius 3 is 2.16 bits per heavy atom. The fourth-order valence-corrected chi connectivity index (χ4v) is 4.90. The van der Waals surface area contributed by atoms with Gasteiger partial charge in [-0.2, -0.15) is 0 Å². The normalized spacial score (nSPS) is 11.6. The van der Waals surface area contributed by atoms with Crippen LogP contribution >= 0.6 is 11.6 Å². The van der Waals surface area contributed by atoms with Gasteiger partial charge in [0.1, 0.15) is 5.75 Å². The van der Waals surface area contributed by atoms with Crippen LogP contribution in [0.3, 0.4) is 0 Å². The molecule has 2 amide bonds. The smallest absolute Gasteiger partial charge is 0.232 e. The van der Waals surface area contributed by atoms with Crippen molar-refractivity contribution in [2.45, 2.75) is 97.3 Å². The minimum Gasteiger partial charge on any atom is -0.493 e. The Bertz CT molecular complexity index is 1430. The maximum atomic E-state index is 12.6. The molecular formula is C37H47ClN2O4. The number of Topliss-reactive ketones (excluding diaryl/α,β-unsaturated/α-hetero) is 1. The van der Waals surface area contributed by atoms with Gasteiger partial charge in [0.05, 0.1) is 23.7 Å². The highest BCUT2D eigenvalue weighted by Gasteiger charge is 2.26. The Labute approximate surface area is 267 Å². The fourth-order valence-electron chi connectivity index (χ4n) is 4.74. The van der Waals surface area contributed by atoms with Gasteiger partial charge < -0.3 is 15.4 Å². The van der Waals surface area contributed by atoms with Crippen molar-refractivity contribution in [2.24, 2.45) is 0 Å². The SMILES string of the molecule is CCC(C)(C)c1ccc(OCCCCCC(=O)Nc2ccc(Cl)c(NC(=O)CC(=O)c3ccccc3)c2)c(C(C)(C)CC)c1. The van der Waals surface area contributed by atoms with E-state index < -0.39 is 5.91 Å². The first kappa shape index (κ1) is 34.8. The molecule has 0 atom stereocenters. The Balaban J connectivity index is 1.46. The first-order valence-corrected chi connectivity index (χ1v) is 16.0. The average molecular weight is 619 g/mol. The molecule has 6 nitrogen and oxygen atoms in total. The molecule has 0 radical (unpaired) electrons. The predicted molar refractivity (Wildman–Crippen MR) is 181 cm³/mol. The van der Waals surface area contributed by atoms with Crippen molar-refractivity contribution in [2.75, 3.05) is 17.2 Å². The zero-order valence-corrected chi connectivity index (χ0v) is 27.8. The third-order valence-corrected chi connectivity index (χ3v) is 8.83. The molecule has 0 aliphatic heterocycles. The molecule has 3 aromatic carbocycles. The number of halogens is 1. The number of unbranched alkanes of at least 4 members (excludes halogenated alkanes) is 2. The summed E-state index contributed by atoms with van der Waals surface area (Å²) in [5, 5.41) is 5.87. The Kier molecular flexibility index (Phi) is 12.6. The van der Waals surface area contributed by atoms with Gasteiger partial charge in [-0.25, -0.2) is 0 Å². The summed E-state index contributed by atoms with van der Waals surface area (Å²) in [6.07, 6.45) is 4.58. The topological polar surface area (TPSA) is 84.5 Å². The summed E-state index contributed by atoms with van der Waals surface area (Å²) in [6.45, 7) is 14.1. The number of nitrogens with one attached hydrogen (secondary N) is 2. The Morgan fingerprint density at radius 1 is 0.773 bits per heavy atom. The summed E-state index contributed by atoms with van der Waals surface area (Å²) in [5.41, 5.74) is 4.04. The van der Waals surface area contributed by atoms with Crippen LogP contribution in [-0.4, -0.2) is 24.2 Å². The number of carbonyl (C=O) groups excluding carboxylic acids is 3. The number of benzene rings is 3. The highest BCUT2D eigenvalue weighted by Crippen LogP contribution is 2.38.